The lowest BCUT2D eigenvalue weighted by Gasteiger charge is -2.26. The third kappa shape index (κ3) is 4.39. The van der Waals surface area contributed by atoms with Crippen LogP contribution in [0.25, 0.3) is 0 Å². The largest absolute Gasteiger partial charge is 0.486 e. The maximum Gasteiger partial charge on any atom is 0.245 e. The van der Waals surface area contributed by atoms with E-state index in [9.17, 15) is 13.2 Å². The van der Waals surface area contributed by atoms with E-state index < -0.39 is 15.9 Å². The van der Waals surface area contributed by atoms with E-state index in [1.165, 1.54) is 0 Å². The first-order valence-corrected chi connectivity index (χ1v) is 10.8. The van der Waals surface area contributed by atoms with Crippen LogP contribution >= 0.6 is 0 Å². The highest BCUT2D eigenvalue weighted by molar-refractivity contribution is 7.92. The Morgan fingerprint density at radius 1 is 1.07 bits per heavy atom. The molecule has 0 aromatic heterocycles. The van der Waals surface area contributed by atoms with Gasteiger partial charge in [-0.25, -0.2) is 8.42 Å². The fourth-order valence-electron chi connectivity index (χ4n) is 2.96. The van der Waals surface area contributed by atoms with Crippen LogP contribution in [0.4, 0.5) is 11.4 Å². The van der Waals surface area contributed by atoms with E-state index in [0.717, 1.165) is 16.3 Å². The lowest BCUT2D eigenvalue weighted by atomic mass is 10.1. The molecule has 0 radical (unpaired) electrons. The second-order valence-electron chi connectivity index (χ2n) is 6.29. The lowest BCUT2D eigenvalue weighted by Crippen LogP contribution is -2.39. The normalized spacial score (nSPS) is 13.1. The number of aryl methyl sites for hydroxylation is 1. The van der Waals surface area contributed by atoms with Gasteiger partial charge in [-0.05, 0) is 37.1 Å². The molecule has 2 aromatic carbocycles. The topological polar surface area (TPSA) is 84.9 Å². The lowest BCUT2D eigenvalue weighted by molar-refractivity contribution is -0.114. The summed E-state index contributed by atoms with van der Waals surface area (Å²) in [6.45, 7) is 4.06. The Morgan fingerprint density at radius 3 is 2.50 bits per heavy atom. The van der Waals surface area contributed by atoms with Gasteiger partial charge in [-0.2, -0.15) is 0 Å². The zero-order valence-corrected chi connectivity index (χ0v) is 16.8. The summed E-state index contributed by atoms with van der Waals surface area (Å²) in [6, 6.07) is 12.3. The number of carbonyl (C=O) groups is 1. The molecular weight excluding hydrogens is 380 g/mol. The minimum absolute atomic E-state index is 0.125. The zero-order chi connectivity index (χ0) is 20.1. The molecule has 7 nitrogen and oxygen atoms in total. The van der Waals surface area contributed by atoms with Crippen LogP contribution in [-0.2, 0) is 21.2 Å². The number of rotatable bonds is 7. The van der Waals surface area contributed by atoms with Crippen molar-refractivity contribution in [1.29, 1.82) is 0 Å². The molecule has 8 heteroatoms. The van der Waals surface area contributed by atoms with Gasteiger partial charge in [0, 0.05) is 11.8 Å². The number of benzene rings is 2. The van der Waals surface area contributed by atoms with Crippen molar-refractivity contribution < 1.29 is 22.7 Å². The van der Waals surface area contributed by atoms with Crippen molar-refractivity contribution >= 4 is 27.3 Å². The number of nitrogens with one attached hydrogen (secondary N) is 1. The minimum atomic E-state index is -3.67. The molecule has 0 spiro atoms. The molecule has 0 unspecified atom stereocenters. The molecule has 3 rings (SSSR count). The summed E-state index contributed by atoms with van der Waals surface area (Å²) in [5.74, 6) is 0.495. The maximum atomic E-state index is 12.7. The number of sulfonamides is 1. The monoisotopic (exact) mass is 404 g/mol. The van der Waals surface area contributed by atoms with Gasteiger partial charge in [0.2, 0.25) is 15.9 Å². The van der Waals surface area contributed by atoms with Crippen LogP contribution in [0.5, 0.6) is 11.5 Å². The minimum Gasteiger partial charge on any atom is -0.486 e. The molecule has 2 aromatic rings. The van der Waals surface area contributed by atoms with E-state index in [4.69, 9.17) is 9.47 Å². The number of nitrogens with zero attached hydrogens (tertiary/aromatic N) is 1. The summed E-state index contributed by atoms with van der Waals surface area (Å²) in [7, 11) is -3.67. The Bertz CT molecular complexity index is 959. The molecule has 28 heavy (non-hydrogen) atoms. The van der Waals surface area contributed by atoms with Crippen LogP contribution in [0.2, 0.25) is 0 Å². The van der Waals surface area contributed by atoms with Gasteiger partial charge in [-0.15, -0.1) is 0 Å². The van der Waals surface area contributed by atoms with Crippen molar-refractivity contribution in [2.24, 2.45) is 0 Å². The highest BCUT2D eigenvalue weighted by atomic mass is 32.2. The van der Waals surface area contributed by atoms with Gasteiger partial charge in [0.15, 0.2) is 11.5 Å². The van der Waals surface area contributed by atoms with Gasteiger partial charge in [-0.1, -0.05) is 25.1 Å². The molecule has 1 N–H and O–H groups in total. The van der Waals surface area contributed by atoms with E-state index >= 15 is 0 Å². The molecule has 150 valence electrons. The van der Waals surface area contributed by atoms with Crippen LogP contribution in [0.3, 0.4) is 0 Å². The van der Waals surface area contributed by atoms with Crippen LogP contribution in [0.1, 0.15) is 19.4 Å². The molecule has 1 aliphatic rings. The summed E-state index contributed by atoms with van der Waals surface area (Å²) in [6.07, 6.45) is 0.760. The van der Waals surface area contributed by atoms with Gasteiger partial charge in [0.05, 0.1) is 11.4 Å². The predicted octanol–water partition coefficient (Wildman–Crippen LogP) is 2.82. The summed E-state index contributed by atoms with van der Waals surface area (Å²) < 4.78 is 37.4. The molecular formula is C20H24N2O5S. The highest BCUT2D eigenvalue weighted by Crippen LogP contribution is 2.34. The Hall–Kier alpha value is -2.74. The average Bonchev–Trinajstić information content (AvgIpc) is 2.72. The summed E-state index contributed by atoms with van der Waals surface area (Å²) in [4.78, 5) is 12.6. The summed E-state index contributed by atoms with van der Waals surface area (Å²) in [5.41, 5.74) is 2.04. The number of fused-ring (bicyclic) bond motifs is 1. The number of anilines is 2. The Balaban J connectivity index is 1.86. The molecule has 1 aliphatic heterocycles. The molecule has 0 atom stereocenters. The molecule has 0 saturated carbocycles. The average molecular weight is 404 g/mol. The van der Waals surface area contributed by atoms with Crippen molar-refractivity contribution in [2.45, 2.75) is 20.3 Å². The van der Waals surface area contributed by atoms with E-state index in [-0.39, 0.29) is 12.3 Å². The molecule has 0 fully saturated rings. The van der Waals surface area contributed by atoms with Crippen molar-refractivity contribution in [3.63, 3.8) is 0 Å². The van der Waals surface area contributed by atoms with Gasteiger partial charge in [-0.3, -0.25) is 9.10 Å². The number of hydrogen-bond donors (Lipinski definition) is 1. The fraction of sp³-hybridized carbons (Fsp3) is 0.350. The Kier molecular flexibility index (Phi) is 6.08. The number of carbonyl (C=O) groups excluding carboxylic acids is 1. The van der Waals surface area contributed by atoms with E-state index in [2.05, 4.69) is 5.32 Å². The molecule has 0 aliphatic carbocycles. The molecule has 1 heterocycles. The van der Waals surface area contributed by atoms with Crippen LogP contribution in [0, 0.1) is 0 Å². The van der Waals surface area contributed by atoms with Crippen molar-refractivity contribution in [3.8, 4) is 11.5 Å². The van der Waals surface area contributed by atoms with E-state index in [0.29, 0.717) is 36.1 Å². The second-order valence-corrected chi connectivity index (χ2v) is 8.48. The first kappa shape index (κ1) is 20.0. The van der Waals surface area contributed by atoms with Crippen molar-refractivity contribution in [1.82, 2.24) is 0 Å². The van der Waals surface area contributed by atoms with Gasteiger partial charge in [0.1, 0.15) is 19.8 Å². The third-order valence-electron chi connectivity index (χ3n) is 4.47. The zero-order valence-electron chi connectivity index (χ0n) is 16.0. The van der Waals surface area contributed by atoms with Gasteiger partial charge < -0.3 is 14.8 Å². The van der Waals surface area contributed by atoms with Crippen molar-refractivity contribution in [3.05, 3.63) is 48.0 Å². The Labute approximate surface area is 165 Å². The summed E-state index contributed by atoms with van der Waals surface area (Å²) in [5, 5.41) is 2.82. The van der Waals surface area contributed by atoms with Gasteiger partial charge in [0.25, 0.3) is 0 Å². The summed E-state index contributed by atoms with van der Waals surface area (Å²) >= 11 is 0. The number of hydrogen-bond acceptors (Lipinski definition) is 5. The van der Waals surface area contributed by atoms with Crippen molar-refractivity contribution in [2.75, 3.05) is 35.1 Å². The standard InChI is InChI=1S/C20H24N2O5S/c1-3-15-7-5-6-8-17(15)21-20(23)14-22(28(24,25)4-2)16-9-10-18-19(13-16)27-12-11-26-18/h5-10,13H,3-4,11-12,14H2,1-2H3,(H,21,23). The second kappa shape index (κ2) is 8.52. The number of amides is 1. The molecule has 1 amide bonds. The number of ether oxygens (including phenoxy) is 2. The van der Waals surface area contributed by atoms with E-state index in [1.54, 1.807) is 31.2 Å². The smallest absolute Gasteiger partial charge is 0.245 e. The van der Waals surface area contributed by atoms with Crippen LogP contribution < -0.4 is 19.1 Å². The Morgan fingerprint density at radius 2 is 1.79 bits per heavy atom. The fourth-order valence-corrected chi connectivity index (χ4v) is 4.02. The quantitative estimate of drug-likeness (QED) is 0.767. The van der Waals surface area contributed by atoms with Crippen LogP contribution in [-0.4, -0.2) is 39.8 Å². The SMILES string of the molecule is CCc1ccccc1NC(=O)CN(c1ccc2c(c1)OCCO2)S(=O)(=O)CC. The van der Waals surface area contributed by atoms with E-state index in [1.807, 2.05) is 25.1 Å². The highest BCUT2D eigenvalue weighted by Gasteiger charge is 2.25. The molecule has 0 bridgehead atoms. The predicted molar refractivity (Wildman–Crippen MR) is 109 cm³/mol. The first-order chi connectivity index (χ1) is 13.4. The number of para-hydroxylation sites is 1. The third-order valence-corrected chi connectivity index (χ3v) is 6.21. The molecule has 0 saturated heterocycles. The first-order valence-electron chi connectivity index (χ1n) is 9.22. The van der Waals surface area contributed by atoms with Gasteiger partial charge >= 0.3 is 0 Å². The maximum absolute atomic E-state index is 12.7. The van der Waals surface area contributed by atoms with Crippen LogP contribution in [0.15, 0.2) is 42.5 Å².